The van der Waals surface area contributed by atoms with Crippen molar-refractivity contribution in [3.8, 4) is 0 Å². The topological polar surface area (TPSA) is 64.3 Å². The number of hydrogen-bond acceptors (Lipinski definition) is 3. The number of benzene rings is 1. The van der Waals surface area contributed by atoms with E-state index >= 15 is 0 Å². The second-order valence-electron chi connectivity index (χ2n) is 3.97. The monoisotopic (exact) mass is 236 g/mol. The zero-order valence-electron chi connectivity index (χ0n) is 10.2. The molecule has 3 N–H and O–H groups in total. The Bertz CT molecular complexity index is 336. The minimum absolute atomic E-state index is 0.0266. The molecular formula is C13H20N2O2. The molecule has 0 saturated carbocycles. The van der Waals surface area contributed by atoms with Crippen molar-refractivity contribution in [1.82, 2.24) is 5.32 Å². The first kappa shape index (κ1) is 13.7. The van der Waals surface area contributed by atoms with E-state index in [0.717, 1.165) is 31.4 Å². The zero-order chi connectivity index (χ0) is 12.5. The van der Waals surface area contributed by atoms with Crippen molar-refractivity contribution < 1.29 is 9.63 Å². The van der Waals surface area contributed by atoms with Gasteiger partial charge in [0.1, 0.15) is 0 Å². The van der Waals surface area contributed by atoms with Crippen molar-refractivity contribution in [2.75, 3.05) is 6.54 Å². The molecule has 17 heavy (non-hydrogen) atoms. The quantitative estimate of drug-likeness (QED) is 0.562. The summed E-state index contributed by atoms with van der Waals surface area (Å²) in [5, 5.41) is 2.89. The molecule has 4 nitrogen and oxygen atoms in total. The molecule has 0 atom stereocenters. The van der Waals surface area contributed by atoms with Gasteiger partial charge in [-0.2, -0.15) is 0 Å². The number of nitrogens with two attached hydrogens (primary N) is 1. The molecule has 94 valence electrons. The van der Waals surface area contributed by atoms with Gasteiger partial charge < -0.3 is 5.32 Å². The van der Waals surface area contributed by atoms with Gasteiger partial charge in [0.25, 0.3) is 5.91 Å². The van der Waals surface area contributed by atoms with Crippen LogP contribution in [-0.2, 0) is 11.4 Å². The lowest BCUT2D eigenvalue weighted by Gasteiger charge is -2.05. The molecule has 0 aliphatic carbocycles. The van der Waals surface area contributed by atoms with Gasteiger partial charge in [-0.3, -0.25) is 9.63 Å². The molecule has 0 fully saturated rings. The fraction of sp³-hybridized carbons (Fsp3) is 0.462. The van der Waals surface area contributed by atoms with E-state index in [4.69, 9.17) is 5.90 Å². The summed E-state index contributed by atoms with van der Waals surface area (Å²) < 4.78 is 0. The summed E-state index contributed by atoms with van der Waals surface area (Å²) in [6, 6.07) is 7.24. The minimum Gasteiger partial charge on any atom is -0.352 e. The van der Waals surface area contributed by atoms with Gasteiger partial charge in [0, 0.05) is 12.1 Å². The average molecular weight is 236 g/mol. The summed E-state index contributed by atoms with van der Waals surface area (Å²) in [5.74, 6) is 4.95. The largest absolute Gasteiger partial charge is 0.352 e. The summed E-state index contributed by atoms with van der Waals surface area (Å²) >= 11 is 0. The maximum Gasteiger partial charge on any atom is 0.251 e. The van der Waals surface area contributed by atoms with E-state index in [1.54, 1.807) is 12.1 Å². The van der Waals surface area contributed by atoms with Crippen molar-refractivity contribution in [2.45, 2.75) is 32.8 Å². The number of carbonyl (C=O) groups is 1. The van der Waals surface area contributed by atoms with Crippen LogP contribution in [0.4, 0.5) is 0 Å². The summed E-state index contributed by atoms with van der Waals surface area (Å²) in [5.41, 5.74) is 1.62. The van der Waals surface area contributed by atoms with Crippen molar-refractivity contribution in [3.05, 3.63) is 35.4 Å². The van der Waals surface area contributed by atoms with Gasteiger partial charge in [-0.1, -0.05) is 31.9 Å². The number of amides is 1. The highest BCUT2D eigenvalue weighted by atomic mass is 16.6. The SMILES string of the molecule is CCCCCNC(=O)c1ccc(CON)cc1. The first-order chi connectivity index (χ1) is 8.27. The molecule has 0 aliphatic heterocycles. The molecule has 0 aliphatic rings. The van der Waals surface area contributed by atoms with Gasteiger partial charge in [0.15, 0.2) is 0 Å². The van der Waals surface area contributed by atoms with Crippen LogP contribution in [0.3, 0.4) is 0 Å². The van der Waals surface area contributed by atoms with E-state index in [9.17, 15) is 4.79 Å². The Morgan fingerprint density at radius 2 is 2.00 bits per heavy atom. The highest BCUT2D eigenvalue weighted by Crippen LogP contribution is 2.05. The first-order valence-corrected chi connectivity index (χ1v) is 5.96. The zero-order valence-corrected chi connectivity index (χ0v) is 10.2. The third-order valence-electron chi connectivity index (χ3n) is 2.53. The molecule has 0 radical (unpaired) electrons. The van der Waals surface area contributed by atoms with Gasteiger partial charge in [-0.25, -0.2) is 5.90 Å². The fourth-order valence-corrected chi connectivity index (χ4v) is 1.53. The normalized spacial score (nSPS) is 10.2. The highest BCUT2D eigenvalue weighted by Gasteiger charge is 2.04. The van der Waals surface area contributed by atoms with E-state index < -0.39 is 0 Å². The number of unbranched alkanes of at least 4 members (excludes halogenated alkanes) is 2. The molecule has 0 aromatic heterocycles. The predicted molar refractivity (Wildman–Crippen MR) is 67.3 cm³/mol. The lowest BCUT2D eigenvalue weighted by molar-refractivity contribution is 0.0952. The van der Waals surface area contributed by atoms with Gasteiger partial charge in [-0.05, 0) is 24.1 Å². The van der Waals surface area contributed by atoms with Crippen molar-refractivity contribution in [1.29, 1.82) is 0 Å². The van der Waals surface area contributed by atoms with Gasteiger partial charge >= 0.3 is 0 Å². The molecule has 0 heterocycles. The van der Waals surface area contributed by atoms with Crippen LogP contribution in [0.5, 0.6) is 0 Å². The Labute approximate surface area is 102 Å². The van der Waals surface area contributed by atoms with Crippen LogP contribution in [0.1, 0.15) is 42.1 Å². The van der Waals surface area contributed by atoms with Gasteiger partial charge in [-0.15, -0.1) is 0 Å². The molecule has 0 spiro atoms. The Kier molecular flexibility index (Phi) is 6.29. The van der Waals surface area contributed by atoms with E-state index in [1.165, 1.54) is 0 Å². The van der Waals surface area contributed by atoms with Gasteiger partial charge in [0.05, 0.1) is 6.61 Å². The maximum absolute atomic E-state index is 11.7. The molecule has 1 rings (SSSR count). The molecule has 1 aromatic carbocycles. The lowest BCUT2D eigenvalue weighted by atomic mass is 10.1. The molecule has 0 saturated heterocycles. The first-order valence-electron chi connectivity index (χ1n) is 5.96. The predicted octanol–water partition coefficient (Wildman–Crippen LogP) is 2.00. The summed E-state index contributed by atoms with van der Waals surface area (Å²) in [4.78, 5) is 16.2. The number of rotatable bonds is 7. The van der Waals surface area contributed by atoms with E-state index in [2.05, 4.69) is 17.1 Å². The van der Waals surface area contributed by atoms with Crippen LogP contribution in [0.25, 0.3) is 0 Å². The van der Waals surface area contributed by atoms with Crippen LogP contribution in [0.15, 0.2) is 24.3 Å². The Morgan fingerprint density at radius 3 is 2.59 bits per heavy atom. The average Bonchev–Trinajstić information content (AvgIpc) is 2.36. The van der Waals surface area contributed by atoms with Crippen molar-refractivity contribution >= 4 is 5.91 Å². The molecule has 1 aromatic rings. The van der Waals surface area contributed by atoms with Gasteiger partial charge in [0.2, 0.25) is 0 Å². The molecular weight excluding hydrogens is 216 g/mol. The van der Waals surface area contributed by atoms with E-state index in [1.807, 2.05) is 12.1 Å². The van der Waals surface area contributed by atoms with Crippen molar-refractivity contribution in [2.24, 2.45) is 5.90 Å². The molecule has 0 unspecified atom stereocenters. The van der Waals surface area contributed by atoms with E-state index in [0.29, 0.717) is 12.2 Å². The second-order valence-corrected chi connectivity index (χ2v) is 3.97. The lowest BCUT2D eigenvalue weighted by Crippen LogP contribution is -2.24. The number of nitrogens with one attached hydrogen (secondary N) is 1. The van der Waals surface area contributed by atoms with E-state index in [-0.39, 0.29) is 5.91 Å². The van der Waals surface area contributed by atoms with Crippen LogP contribution in [0.2, 0.25) is 0 Å². The number of carbonyl (C=O) groups excluding carboxylic acids is 1. The highest BCUT2D eigenvalue weighted by molar-refractivity contribution is 5.94. The molecule has 0 bridgehead atoms. The summed E-state index contributed by atoms with van der Waals surface area (Å²) in [6.07, 6.45) is 3.33. The fourth-order valence-electron chi connectivity index (χ4n) is 1.53. The Balaban J connectivity index is 2.40. The Morgan fingerprint density at radius 1 is 1.29 bits per heavy atom. The number of hydrogen-bond donors (Lipinski definition) is 2. The third-order valence-corrected chi connectivity index (χ3v) is 2.53. The maximum atomic E-state index is 11.7. The third kappa shape index (κ3) is 4.97. The standard InChI is InChI=1S/C13H20N2O2/c1-2-3-4-9-15-13(16)12-7-5-11(6-8-12)10-17-14/h5-8H,2-4,9-10,14H2,1H3,(H,15,16). The smallest absolute Gasteiger partial charge is 0.251 e. The van der Waals surface area contributed by atoms with Crippen molar-refractivity contribution in [3.63, 3.8) is 0 Å². The molecule has 1 amide bonds. The van der Waals surface area contributed by atoms with Crippen LogP contribution >= 0.6 is 0 Å². The summed E-state index contributed by atoms with van der Waals surface area (Å²) in [6.45, 7) is 3.23. The second kappa shape index (κ2) is 7.81. The minimum atomic E-state index is -0.0266. The van der Waals surface area contributed by atoms with Crippen LogP contribution < -0.4 is 11.2 Å². The molecule has 4 heteroatoms. The van der Waals surface area contributed by atoms with Crippen LogP contribution in [0, 0.1) is 0 Å². The summed E-state index contributed by atoms with van der Waals surface area (Å²) in [7, 11) is 0. The Hall–Kier alpha value is -1.39. The van der Waals surface area contributed by atoms with Crippen LogP contribution in [-0.4, -0.2) is 12.5 Å².